The normalized spacial score (nSPS) is 11.2. The lowest BCUT2D eigenvalue weighted by molar-refractivity contribution is 0.0806. The van der Waals surface area contributed by atoms with Crippen LogP contribution >= 0.6 is 0 Å². The molecule has 0 bridgehead atoms. The number of hydrogen-bond donors (Lipinski definition) is 3. The van der Waals surface area contributed by atoms with Gasteiger partial charge in [-0.25, -0.2) is 0 Å². The molecule has 0 radical (unpaired) electrons. The molecule has 21 heavy (non-hydrogen) atoms. The number of anilines is 1. The summed E-state index contributed by atoms with van der Waals surface area (Å²) >= 11 is 0. The molecular formula is C17H21NO3. The van der Waals surface area contributed by atoms with Crippen LogP contribution in [-0.2, 0) is 0 Å². The Hall–Kier alpha value is -2.04. The number of ether oxygens (including phenoxy) is 1. The Balaban J connectivity index is 2.01. The first-order chi connectivity index (χ1) is 10.1. The Morgan fingerprint density at radius 2 is 1.62 bits per heavy atom. The third kappa shape index (κ3) is 4.48. The summed E-state index contributed by atoms with van der Waals surface area (Å²) in [5, 5.41) is 21.8. The van der Waals surface area contributed by atoms with Gasteiger partial charge < -0.3 is 20.3 Å². The van der Waals surface area contributed by atoms with Gasteiger partial charge in [-0.2, -0.15) is 0 Å². The smallest absolute Gasteiger partial charge is 0.129 e. The molecule has 0 aliphatic carbocycles. The molecule has 0 saturated carbocycles. The van der Waals surface area contributed by atoms with E-state index in [-0.39, 0.29) is 13.2 Å². The van der Waals surface area contributed by atoms with Crippen LogP contribution in [0.5, 0.6) is 11.5 Å². The van der Waals surface area contributed by atoms with E-state index in [0.717, 1.165) is 17.2 Å². The van der Waals surface area contributed by atoms with Gasteiger partial charge in [0, 0.05) is 23.7 Å². The topological polar surface area (TPSA) is 61.7 Å². The lowest BCUT2D eigenvalue weighted by Crippen LogP contribution is -2.33. The molecule has 2 aromatic rings. The van der Waals surface area contributed by atoms with E-state index in [1.807, 2.05) is 61.5 Å². The second-order valence-electron chi connectivity index (χ2n) is 5.42. The minimum Gasteiger partial charge on any atom is -0.457 e. The molecule has 0 aliphatic heterocycles. The van der Waals surface area contributed by atoms with E-state index in [1.54, 1.807) is 0 Å². The summed E-state index contributed by atoms with van der Waals surface area (Å²) in [6, 6.07) is 17.2. The second kappa shape index (κ2) is 7.11. The van der Waals surface area contributed by atoms with Gasteiger partial charge in [-0.05, 0) is 24.3 Å². The Labute approximate surface area is 125 Å². The fourth-order valence-electron chi connectivity index (χ4n) is 1.77. The van der Waals surface area contributed by atoms with Crippen LogP contribution in [0.3, 0.4) is 0 Å². The van der Waals surface area contributed by atoms with Gasteiger partial charge in [-0.1, -0.05) is 31.2 Å². The van der Waals surface area contributed by atoms with Gasteiger partial charge in [-0.15, -0.1) is 0 Å². The van der Waals surface area contributed by atoms with Crippen molar-refractivity contribution in [1.29, 1.82) is 0 Å². The van der Waals surface area contributed by atoms with E-state index in [0.29, 0.717) is 6.54 Å². The average Bonchev–Trinajstić information content (AvgIpc) is 2.54. The molecule has 2 rings (SSSR count). The van der Waals surface area contributed by atoms with E-state index in [1.165, 1.54) is 0 Å². The van der Waals surface area contributed by atoms with E-state index in [9.17, 15) is 10.2 Å². The van der Waals surface area contributed by atoms with Gasteiger partial charge in [0.25, 0.3) is 0 Å². The van der Waals surface area contributed by atoms with E-state index >= 15 is 0 Å². The summed E-state index contributed by atoms with van der Waals surface area (Å²) in [6.07, 6.45) is 0. The van der Waals surface area contributed by atoms with Gasteiger partial charge in [0.1, 0.15) is 11.5 Å². The van der Waals surface area contributed by atoms with Crippen molar-refractivity contribution in [2.45, 2.75) is 6.92 Å². The fourth-order valence-corrected chi connectivity index (χ4v) is 1.77. The zero-order valence-electron chi connectivity index (χ0n) is 12.1. The molecule has 0 spiro atoms. The highest BCUT2D eigenvalue weighted by atomic mass is 16.5. The van der Waals surface area contributed by atoms with Crippen LogP contribution < -0.4 is 10.1 Å². The molecule has 0 unspecified atom stereocenters. The summed E-state index contributed by atoms with van der Waals surface area (Å²) in [5.74, 6) is 1.52. The summed E-state index contributed by atoms with van der Waals surface area (Å²) in [5.41, 5.74) is 0.340. The monoisotopic (exact) mass is 287 g/mol. The van der Waals surface area contributed by atoms with Crippen LogP contribution in [0.1, 0.15) is 6.92 Å². The number of rotatable bonds is 7. The SMILES string of the molecule is CC(CO)(CO)CNc1cccc(Oc2ccccc2)c1. The summed E-state index contributed by atoms with van der Waals surface area (Å²) < 4.78 is 5.76. The van der Waals surface area contributed by atoms with Gasteiger partial charge in [0.05, 0.1) is 13.2 Å². The van der Waals surface area contributed by atoms with Crippen molar-refractivity contribution >= 4 is 5.69 Å². The molecule has 0 amide bonds. The Bertz CT molecular complexity index is 553. The number of aliphatic hydroxyl groups excluding tert-OH is 2. The molecule has 0 aliphatic rings. The van der Waals surface area contributed by atoms with Gasteiger partial charge in [-0.3, -0.25) is 0 Å². The molecule has 2 aromatic carbocycles. The van der Waals surface area contributed by atoms with Crippen LogP contribution in [0.15, 0.2) is 54.6 Å². The lowest BCUT2D eigenvalue weighted by atomic mass is 9.93. The molecule has 0 fully saturated rings. The minimum atomic E-state index is -0.545. The first-order valence-electron chi connectivity index (χ1n) is 6.94. The highest BCUT2D eigenvalue weighted by Gasteiger charge is 2.21. The van der Waals surface area contributed by atoms with Crippen molar-refractivity contribution in [3.05, 3.63) is 54.6 Å². The number of benzene rings is 2. The summed E-state index contributed by atoms with van der Waals surface area (Å²) in [4.78, 5) is 0. The maximum Gasteiger partial charge on any atom is 0.129 e. The zero-order valence-corrected chi connectivity index (χ0v) is 12.1. The largest absolute Gasteiger partial charge is 0.457 e. The van der Waals surface area contributed by atoms with Crippen molar-refractivity contribution < 1.29 is 14.9 Å². The maximum atomic E-state index is 9.29. The fraction of sp³-hybridized carbons (Fsp3) is 0.294. The van der Waals surface area contributed by atoms with Crippen molar-refractivity contribution in [2.24, 2.45) is 5.41 Å². The van der Waals surface area contributed by atoms with Crippen LogP contribution in [0, 0.1) is 5.41 Å². The molecular weight excluding hydrogens is 266 g/mol. The van der Waals surface area contributed by atoms with Crippen molar-refractivity contribution in [1.82, 2.24) is 0 Å². The first kappa shape index (κ1) is 15.4. The quantitative estimate of drug-likeness (QED) is 0.733. The van der Waals surface area contributed by atoms with Crippen LogP contribution in [0.4, 0.5) is 5.69 Å². The van der Waals surface area contributed by atoms with Crippen LogP contribution in [0.25, 0.3) is 0 Å². The van der Waals surface area contributed by atoms with E-state index in [4.69, 9.17) is 4.74 Å². The molecule has 0 atom stereocenters. The first-order valence-corrected chi connectivity index (χ1v) is 6.94. The van der Waals surface area contributed by atoms with Gasteiger partial charge in [0.15, 0.2) is 0 Å². The Kier molecular flexibility index (Phi) is 5.20. The van der Waals surface area contributed by atoms with E-state index < -0.39 is 5.41 Å². The summed E-state index contributed by atoms with van der Waals surface area (Å²) in [6.45, 7) is 2.16. The number of aliphatic hydroxyl groups is 2. The van der Waals surface area contributed by atoms with Gasteiger partial charge >= 0.3 is 0 Å². The summed E-state index contributed by atoms with van der Waals surface area (Å²) in [7, 11) is 0. The molecule has 0 heterocycles. The Morgan fingerprint density at radius 3 is 2.29 bits per heavy atom. The second-order valence-corrected chi connectivity index (χ2v) is 5.42. The highest BCUT2D eigenvalue weighted by molar-refractivity contribution is 5.49. The highest BCUT2D eigenvalue weighted by Crippen LogP contribution is 2.24. The molecule has 4 nitrogen and oxygen atoms in total. The van der Waals surface area contributed by atoms with Crippen molar-refractivity contribution in [3.8, 4) is 11.5 Å². The van der Waals surface area contributed by atoms with Crippen LogP contribution in [-0.4, -0.2) is 30.0 Å². The maximum absolute atomic E-state index is 9.29. The number of para-hydroxylation sites is 1. The molecule has 4 heteroatoms. The predicted octanol–water partition coefficient (Wildman–Crippen LogP) is 2.88. The Morgan fingerprint density at radius 1 is 0.952 bits per heavy atom. The number of nitrogens with one attached hydrogen (secondary N) is 1. The molecule has 0 aromatic heterocycles. The third-order valence-corrected chi connectivity index (χ3v) is 3.30. The lowest BCUT2D eigenvalue weighted by Gasteiger charge is -2.25. The van der Waals surface area contributed by atoms with Crippen molar-refractivity contribution in [2.75, 3.05) is 25.1 Å². The zero-order chi connectivity index (χ0) is 15.1. The molecule has 0 saturated heterocycles. The minimum absolute atomic E-state index is 0.0727. The predicted molar refractivity (Wildman–Crippen MR) is 83.7 cm³/mol. The van der Waals surface area contributed by atoms with Crippen molar-refractivity contribution in [3.63, 3.8) is 0 Å². The molecule has 112 valence electrons. The standard InChI is InChI=1S/C17H21NO3/c1-17(12-19,13-20)11-18-14-6-5-9-16(10-14)21-15-7-3-2-4-8-15/h2-10,18-20H,11-13H2,1H3. The third-order valence-electron chi connectivity index (χ3n) is 3.30. The van der Waals surface area contributed by atoms with Crippen LogP contribution in [0.2, 0.25) is 0 Å². The molecule has 3 N–H and O–H groups in total. The number of hydrogen-bond acceptors (Lipinski definition) is 4. The van der Waals surface area contributed by atoms with E-state index in [2.05, 4.69) is 5.32 Å². The average molecular weight is 287 g/mol. The van der Waals surface area contributed by atoms with Gasteiger partial charge in [0.2, 0.25) is 0 Å².